The lowest BCUT2D eigenvalue weighted by atomic mass is 10.2. The van der Waals surface area contributed by atoms with Gasteiger partial charge in [-0.1, -0.05) is 0 Å². The molecule has 3 rings (SSSR count). The lowest BCUT2D eigenvalue weighted by molar-refractivity contribution is -0.117. The fourth-order valence-electron chi connectivity index (χ4n) is 2.81. The summed E-state index contributed by atoms with van der Waals surface area (Å²) in [5, 5.41) is 2.87. The molecule has 1 atom stereocenters. The summed E-state index contributed by atoms with van der Waals surface area (Å²) in [6, 6.07) is 12.3. The molecule has 1 N–H and O–H groups in total. The number of hydrogen-bond acceptors (Lipinski definition) is 3. The molecule has 1 aliphatic rings. The Bertz CT molecular complexity index is 759. The van der Waals surface area contributed by atoms with Crippen molar-refractivity contribution in [3.8, 4) is 5.75 Å². The molecule has 6 heteroatoms. The van der Waals surface area contributed by atoms with E-state index in [1.165, 1.54) is 12.1 Å². The number of halogens is 1. The molecule has 1 heterocycles. The largest absolute Gasteiger partial charge is 0.494 e. The second-order valence-electron chi connectivity index (χ2n) is 5.81. The van der Waals surface area contributed by atoms with Gasteiger partial charge < -0.3 is 15.0 Å². The summed E-state index contributed by atoms with van der Waals surface area (Å²) in [4.78, 5) is 26.1. The Morgan fingerprint density at radius 2 is 1.88 bits per heavy atom. The molecule has 0 radical (unpaired) electrons. The second kappa shape index (κ2) is 7.34. The van der Waals surface area contributed by atoms with Crippen LogP contribution in [0.5, 0.6) is 5.75 Å². The molecule has 0 aliphatic carbocycles. The fraction of sp³-hybridized carbons (Fsp3) is 0.263. The van der Waals surface area contributed by atoms with Crippen molar-refractivity contribution >= 4 is 17.5 Å². The maximum absolute atomic E-state index is 13.0. The quantitative estimate of drug-likeness (QED) is 0.909. The molecule has 2 aromatic carbocycles. The number of anilines is 1. The average molecular weight is 342 g/mol. The number of rotatable bonds is 5. The highest BCUT2D eigenvalue weighted by Crippen LogP contribution is 2.22. The molecule has 2 aromatic rings. The molecule has 0 aromatic heterocycles. The van der Waals surface area contributed by atoms with Gasteiger partial charge in [-0.15, -0.1) is 0 Å². The zero-order valence-corrected chi connectivity index (χ0v) is 13.9. The van der Waals surface area contributed by atoms with Crippen LogP contribution in [0.3, 0.4) is 0 Å². The molecule has 1 fully saturated rings. The molecule has 2 amide bonds. The van der Waals surface area contributed by atoms with E-state index in [2.05, 4.69) is 5.32 Å². The Morgan fingerprint density at radius 1 is 1.20 bits per heavy atom. The number of benzene rings is 2. The zero-order chi connectivity index (χ0) is 17.8. The van der Waals surface area contributed by atoms with Crippen molar-refractivity contribution in [2.75, 3.05) is 18.1 Å². The van der Waals surface area contributed by atoms with Crippen LogP contribution in [-0.2, 0) is 4.79 Å². The first-order valence-electron chi connectivity index (χ1n) is 8.16. The Balaban J connectivity index is 1.62. The lowest BCUT2D eigenvalue weighted by Crippen LogP contribution is -2.37. The maximum atomic E-state index is 13.0. The van der Waals surface area contributed by atoms with Crippen LogP contribution in [0.2, 0.25) is 0 Å². The topological polar surface area (TPSA) is 58.6 Å². The van der Waals surface area contributed by atoms with Crippen LogP contribution in [0.25, 0.3) is 0 Å². The molecular formula is C19H19FN2O3. The number of amides is 2. The molecule has 5 nitrogen and oxygen atoms in total. The number of nitrogens with one attached hydrogen (secondary N) is 1. The molecule has 0 unspecified atom stereocenters. The van der Waals surface area contributed by atoms with E-state index >= 15 is 0 Å². The van der Waals surface area contributed by atoms with Crippen LogP contribution in [0.1, 0.15) is 23.7 Å². The number of ether oxygens (including phenoxy) is 1. The van der Waals surface area contributed by atoms with Gasteiger partial charge in [0, 0.05) is 24.2 Å². The van der Waals surface area contributed by atoms with Crippen molar-refractivity contribution in [2.45, 2.75) is 19.4 Å². The Hall–Kier alpha value is -2.89. The molecule has 25 heavy (non-hydrogen) atoms. The van der Waals surface area contributed by atoms with E-state index < -0.39 is 0 Å². The lowest BCUT2D eigenvalue weighted by Gasteiger charge is -2.17. The minimum absolute atomic E-state index is 0.0939. The van der Waals surface area contributed by atoms with Crippen molar-refractivity contribution < 1.29 is 18.7 Å². The van der Waals surface area contributed by atoms with E-state index in [1.807, 2.05) is 6.92 Å². The first kappa shape index (κ1) is 17.0. The van der Waals surface area contributed by atoms with Crippen molar-refractivity contribution in [1.82, 2.24) is 5.32 Å². The van der Waals surface area contributed by atoms with Crippen LogP contribution in [0.15, 0.2) is 48.5 Å². The standard InChI is InChI=1S/C19H19FN2O3/c1-2-25-17-9-3-13(4-10-17)19(24)21-15-11-18(23)22(12-15)16-7-5-14(20)6-8-16/h3-10,15H,2,11-12H2,1H3,(H,21,24)/t15-/m0/s1. The summed E-state index contributed by atoms with van der Waals surface area (Å²) in [6.45, 7) is 2.83. The Labute approximate surface area is 145 Å². The third kappa shape index (κ3) is 3.96. The van der Waals surface area contributed by atoms with Crippen LogP contribution < -0.4 is 15.0 Å². The monoisotopic (exact) mass is 342 g/mol. The van der Waals surface area contributed by atoms with Crippen LogP contribution in [0, 0.1) is 5.82 Å². The van der Waals surface area contributed by atoms with E-state index in [1.54, 1.807) is 41.3 Å². The molecule has 0 saturated carbocycles. The fourth-order valence-corrected chi connectivity index (χ4v) is 2.81. The summed E-state index contributed by atoms with van der Waals surface area (Å²) < 4.78 is 18.4. The minimum Gasteiger partial charge on any atom is -0.494 e. The van der Waals surface area contributed by atoms with Gasteiger partial charge in [-0.2, -0.15) is 0 Å². The second-order valence-corrected chi connectivity index (χ2v) is 5.81. The zero-order valence-electron chi connectivity index (χ0n) is 13.9. The van der Waals surface area contributed by atoms with Gasteiger partial charge in [-0.05, 0) is 55.5 Å². The highest BCUT2D eigenvalue weighted by molar-refractivity contribution is 5.99. The van der Waals surface area contributed by atoms with Gasteiger partial charge >= 0.3 is 0 Å². The summed E-state index contributed by atoms with van der Waals surface area (Å²) in [7, 11) is 0. The number of nitrogens with zero attached hydrogens (tertiary/aromatic N) is 1. The highest BCUT2D eigenvalue weighted by Gasteiger charge is 2.31. The number of carbonyl (C=O) groups is 2. The number of hydrogen-bond donors (Lipinski definition) is 1. The van der Waals surface area contributed by atoms with Crippen molar-refractivity contribution in [2.24, 2.45) is 0 Å². The van der Waals surface area contributed by atoms with Crippen LogP contribution in [-0.4, -0.2) is 31.0 Å². The van der Waals surface area contributed by atoms with Crippen molar-refractivity contribution in [3.63, 3.8) is 0 Å². The number of carbonyl (C=O) groups excluding carboxylic acids is 2. The molecule has 130 valence electrons. The van der Waals surface area contributed by atoms with Gasteiger partial charge in [0.1, 0.15) is 11.6 Å². The van der Waals surface area contributed by atoms with E-state index in [-0.39, 0.29) is 30.1 Å². The molecular weight excluding hydrogens is 323 g/mol. The molecule has 0 bridgehead atoms. The van der Waals surface area contributed by atoms with E-state index in [4.69, 9.17) is 4.74 Å². The molecule has 0 spiro atoms. The van der Waals surface area contributed by atoms with E-state index in [0.29, 0.717) is 30.2 Å². The van der Waals surface area contributed by atoms with Gasteiger partial charge in [0.2, 0.25) is 5.91 Å². The van der Waals surface area contributed by atoms with Crippen molar-refractivity contribution in [3.05, 3.63) is 59.9 Å². The Morgan fingerprint density at radius 3 is 2.52 bits per heavy atom. The SMILES string of the molecule is CCOc1ccc(C(=O)N[C@H]2CC(=O)N(c3ccc(F)cc3)C2)cc1. The first-order chi connectivity index (χ1) is 12.1. The van der Waals surface area contributed by atoms with Gasteiger partial charge in [0.15, 0.2) is 0 Å². The average Bonchev–Trinajstić information content (AvgIpc) is 2.97. The third-order valence-electron chi connectivity index (χ3n) is 4.03. The predicted molar refractivity (Wildman–Crippen MR) is 92.2 cm³/mol. The van der Waals surface area contributed by atoms with Crippen LogP contribution >= 0.6 is 0 Å². The van der Waals surface area contributed by atoms with Gasteiger partial charge in [-0.3, -0.25) is 9.59 Å². The minimum atomic E-state index is -0.351. The molecule has 1 aliphatic heterocycles. The van der Waals surface area contributed by atoms with E-state index in [9.17, 15) is 14.0 Å². The van der Waals surface area contributed by atoms with Crippen LogP contribution in [0.4, 0.5) is 10.1 Å². The van der Waals surface area contributed by atoms with Gasteiger partial charge in [-0.25, -0.2) is 4.39 Å². The highest BCUT2D eigenvalue weighted by atomic mass is 19.1. The summed E-state index contributed by atoms with van der Waals surface area (Å²) in [6.07, 6.45) is 0.222. The summed E-state index contributed by atoms with van der Waals surface area (Å²) in [5.74, 6) is 0.0266. The van der Waals surface area contributed by atoms with Gasteiger partial charge in [0.25, 0.3) is 5.91 Å². The van der Waals surface area contributed by atoms with Gasteiger partial charge in [0.05, 0.1) is 12.6 Å². The first-order valence-corrected chi connectivity index (χ1v) is 8.16. The van der Waals surface area contributed by atoms with E-state index in [0.717, 1.165) is 0 Å². The van der Waals surface area contributed by atoms with Crippen molar-refractivity contribution in [1.29, 1.82) is 0 Å². The maximum Gasteiger partial charge on any atom is 0.251 e. The normalized spacial score (nSPS) is 16.8. The Kier molecular flexibility index (Phi) is 4.97. The molecule has 1 saturated heterocycles. The predicted octanol–water partition coefficient (Wildman–Crippen LogP) is 2.76. The summed E-state index contributed by atoms with van der Waals surface area (Å²) in [5.41, 5.74) is 1.14. The summed E-state index contributed by atoms with van der Waals surface area (Å²) >= 11 is 0. The third-order valence-corrected chi connectivity index (χ3v) is 4.03. The smallest absolute Gasteiger partial charge is 0.251 e.